The Bertz CT molecular complexity index is 397. The number of aryl methyl sites for hydroxylation is 1. The molecule has 2 rings (SSSR count). The molecular weight excluding hydrogens is 207 g/mol. The SMILES string of the molecule is BCCc1ccc(CC2CN(N)C2)c(C)c1C. The summed E-state index contributed by atoms with van der Waals surface area (Å²) in [6.45, 7) is 6.63. The maximum Gasteiger partial charge on any atom is 0.101 e. The summed E-state index contributed by atoms with van der Waals surface area (Å²) in [6.07, 6.45) is 3.62. The van der Waals surface area contributed by atoms with Crippen molar-refractivity contribution in [2.45, 2.75) is 33.0 Å². The highest BCUT2D eigenvalue weighted by atomic mass is 15.4. The van der Waals surface area contributed by atoms with Crippen molar-refractivity contribution in [3.05, 3.63) is 34.4 Å². The van der Waals surface area contributed by atoms with E-state index < -0.39 is 0 Å². The maximum absolute atomic E-state index is 5.69. The number of nitrogens with zero attached hydrogens (tertiary/aromatic N) is 1. The third kappa shape index (κ3) is 2.72. The number of hydrogen-bond donors (Lipinski definition) is 1. The molecule has 0 radical (unpaired) electrons. The predicted octanol–water partition coefficient (Wildman–Crippen LogP) is 1.25. The lowest BCUT2D eigenvalue weighted by Crippen LogP contribution is -2.51. The van der Waals surface area contributed by atoms with Crippen LogP contribution in [0.3, 0.4) is 0 Å². The Morgan fingerprint density at radius 2 is 1.82 bits per heavy atom. The van der Waals surface area contributed by atoms with E-state index >= 15 is 0 Å². The van der Waals surface area contributed by atoms with Gasteiger partial charge in [-0.05, 0) is 54.9 Å². The highest BCUT2D eigenvalue weighted by Gasteiger charge is 2.24. The van der Waals surface area contributed by atoms with Crippen molar-refractivity contribution in [2.75, 3.05) is 13.1 Å². The van der Waals surface area contributed by atoms with E-state index in [9.17, 15) is 0 Å². The molecule has 3 heteroatoms. The van der Waals surface area contributed by atoms with E-state index in [-0.39, 0.29) is 0 Å². The van der Waals surface area contributed by atoms with Gasteiger partial charge >= 0.3 is 0 Å². The fourth-order valence-corrected chi connectivity index (χ4v) is 2.74. The molecule has 0 amide bonds. The van der Waals surface area contributed by atoms with Gasteiger partial charge < -0.3 is 0 Å². The highest BCUT2D eigenvalue weighted by molar-refractivity contribution is 6.08. The van der Waals surface area contributed by atoms with Gasteiger partial charge in [-0.2, -0.15) is 0 Å². The molecule has 2 nitrogen and oxygen atoms in total. The van der Waals surface area contributed by atoms with Crippen LogP contribution in [0.4, 0.5) is 0 Å². The molecule has 0 aromatic heterocycles. The number of hydrogen-bond acceptors (Lipinski definition) is 2. The highest BCUT2D eigenvalue weighted by Crippen LogP contribution is 2.24. The summed E-state index contributed by atoms with van der Waals surface area (Å²) in [4.78, 5) is 0. The second-order valence-corrected chi connectivity index (χ2v) is 5.41. The van der Waals surface area contributed by atoms with Gasteiger partial charge in [-0.15, -0.1) is 0 Å². The molecule has 0 aliphatic carbocycles. The summed E-state index contributed by atoms with van der Waals surface area (Å²) >= 11 is 0. The molecule has 0 unspecified atom stereocenters. The molecule has 2 N–H and O–H groups in total. The molecule has 1 aliphatic rings. The Morgan fingerprint density at radius 3 is 2.41 bits per heavy atom. The summed E-state index contributed by atoms with van der Waals surface area (Å²) in [6, 6.07) is 4.65. The van der Waals surface area contributed by atoms with Gasteiger partial charge in [0.05, 0.1) is 0 Å². The summed E-state index contributed by atoms with van der Waals surface area (Å²) in [5.41, 5.74) is 6.02. The van der Waals surface area contributed by atoms with Crippen molar-refractivity contribution in [3.63, 3.8) is 0 Å². The molecule has 1 fully saturated rings. The van der Waals surface area contributed by atoms with E-state index in [2.05, 4.69) is 33.8 Å². The Balaban J connectivity index is 2.10. The zero-order chi connectivity index (χ0) is 12.4. The first-order valence-electron chi connectivity index (χ1n) is 6.69. The van der Waals surface area contributed by atoms with Crippen LogP contribution >= 0.6 is 0 Å². The molecule has 1 aromatic carbocycles. The van der Waals surface area contributed by atoms with E-state index in [1.54, 1.807) is 0 Å². The van der Waals surface area contributed by atoms with Crippen LogP contribution in [0.1, 0.15) is 22.3 Å². The average Bonchev–Trinajstić information content (AvgIpc) is 2.26. The van der Waals surface area contributed by atoms with Gasteiger partial charge in [-0.3, -0.25) is 5.84 Å². The number of hydrazine groups is 1. The third-order valence-electron chi connectivity index (χ3n) is 4.02. The third-order valence-corrected chi connectivity index (χ3v) is 4.02. The van der Waals surface area contributed by atoms with Crippen molar-refractivity contribution in [1.29, 1.82) is 0 Å². The summed E-state index contributed by atoms with van der Waals surface area (Å²) < 4.78 is 0. The standard InChI is InChI=1S/C14H23BN2/c1-10-11(2)14(4-3-13(10)5-6-15)7-12-8-17(16)9-12/h3-4,12H,5-9,15-16H2,1-2H3. The number of rotatable bonds is 4. The Morgan fingerprint density at radius 1 is 1.24 bits per heavy atom. The minimum absolute atomic E-state index is 0.759. The topological polar surface area (TPSA) is 29.3 Å². The van der Waals surface area contributed by atoms with Crippen LogP contribution in [0.2, 0.25) is 6.32 Å². The Hall–Kier alpha value is -0.795. The van der Waals surface area contributed by atoms with Crippen LogP contribution < -0.4 is 5.84 Å². The largest absolute Gasteiger partial charge is 0.269 e. The molecule has 0 spiro atoms. The molecule has 0 saturated carbocycles. The van der Waals surface area contributed by atoms with Gasteiger partial charge in [0.2, 0.25) is 0 Å². The van der Waals surface area contributed by atoms with Gasteiger partial charge in [-0.25, -0.2) is 5.01 Å². The fourth-order valence-electron chi connectivity index (χ4n) is 2.74. The van der Waals surface area contributed by atoms with E-state index in [4.69, 9.17) is 5.84 Å². The smallest absolute Gasteiger partial charge is 0.101 e. The van der Waals surface area contributed by atoms with Gasteiger partial charge in [0.1, 0.15) is 7.85 Å². The van der Waals surface area contributed by atoms with Gasteiger partial charge in [0.15, 0.2) is 0 Å². The molecule has 1 aromatic rings. The lowest BCUT2D eigenvalue weighted by Gasteiger charge is -2.36. The lowest BCUT2D eigenvalue weighted by atomic mass is 9.86. The zero-order valence-corrected chi connectivity index (χ0v) is 11.3. The summed E-state index contributed by atoms with van der Waals surface area (Å²) in [5, 5.41) is 1.90. The number of nitrogens with two attached hydrogens (primary N) is 1. The van der Waals surface area contributed by atoms with Gasteiger partial charge in [-0.1, -0.05) is 18.5 Å². The lowest BCUT2D eigenvalue weighted by molar-refractivity contribution is 0.102. The minimum atomic E-state index is 0.759. The van der Waals surface area contributed by atoms with Crippen LogP contribution in [-0.4, -0.2) is 25.9 Å². The van der Waals surface area contributed by atoms with Gasteiger partial charge in [0.25, 0.3) is 0 Å². The Kier molecular flexibility index (Phi) is 3.90. The second-order valence-electron chi connectivity index (χ2n) is 5.41. The van der Waals surface area contributed by atoms with Gasteiger partial charge in [0, 0.05) is 13.1 Å². The van der Waals surface area contributed by atoms with E-state index in [0.717, 1.165) is 19.0 Å². The second kappa shape index (κ2) is 5.24. The molecule has 1 saturated heterocycles. The average molecular weight is 230 g/mol. The molecule has 1 heterocycles. The van der Waals surface area contributed by atoms with Crippen LogP contribution in [0.15, 0.2) is 12.1 Å². The van der Waals surface area contributed by atoms with Crippen LogP contribution in [0.25, 0.3) is 0 Å². The summed E-state index contributed by atoms with van der Waals surface area (Å²) in [7, 11) is 2.24. The fraction of sp³-hybridized carbons (Fsp3) is 0.571. The van der Waals surface area contributed by atoms with Crippen molar-refractivity contribution < 1.29 is 0 Å². The maximum atomic E-state index is 5.69. The first-order chi connectivity index (χ1) is 8.11. The zero-order valence-electron chi connectivity index (χ0n) is 11.3. The van der Waals surface area contributed by atoms with E-state index in [1.807, 2.05) is 5.01 Å². The molecule has 92 valence electrons. The van der Waals surface area contributed by atoms with Crippen molar-refractivity contribution >= 4 is 7.85 Å². The quantitative estimate of drug-likeness (QED) is 0.623. The van der Waals surface area contributed by atoms with E-state index in [0.29, 0.717) is 0 Å². The normalized spacial score (nSPS) is 17.1. The Labute approximate surface area is 106 Å². The monoisotopic (exact) mass is 230 g/mol. The molecular formula is C14H23BN2. The molecule has 0 atom stereocenters. The van der Waals surface area contributed by atoms with Crippen molar-refractivity contribution in [3.8, 4) is 0 Å². The first-order valence-corrected chi connectivity index (χ1v) is 6.69. The van der Waals surface area contributed by atoms with E-state index in [1.165, 1.54) is 41.4 Å². The van der Waals surface area contributed by atoms with Crippen molar-refractivity contribution in [1.82, 2.24) is 5.01 Å². The predicted molar refractivity (Wildman–Crippen MR) is 75.9 cm³/mol. The first kappa shape index (κ1) is 12.7. The van der Waals surface area contributed by atoms with Crippen LogP contribution in [-0.2, 0) is 12.8 Å². The molecule has 0 bridgehead atoms. The number of benzene rings is 1. The molecule has 1 aliphatic heterocycles. The van der Waals surface area contributed by atoms with Crippen molar-refractivity contribution in [2.24, 2.45) is 11.8 Å². The molecule has 17 heavy (non-hydrogen) atoms. The van der Waals surface area contributed by atoms with Crippen LogP contribution in [0, 0.1) is 19.8 Å². The van der Waals surface area contributed by atoms with Crippen LogP contribution in [0.5, 0.6) is 0 Å². The summed E-state index contributed by atoms with van der Waals surface area (Å²) in [5.74, 6) is 6.45. The minimum Gasteiger partial charge on any atom is -0.269 e.